The molecule has 0 amide bonds. The summed E-state index contributed by atoms with van der Waals surface area (Å²) in [5.74, 6) is 0. The summed E-state index contributed by atoms with van der Waals surface area (Å²) in [4.78, 5) is 0. The highest BCUT2D eigenvalue weighted by atomic mass is 31.1. The zero-order valence-corrected chi connectivity index (χ0v) is 24.1. The standard InChI is InChI=1S/C34H40O2P2/c1-5-13-31(14-6-1)27-37(28-32-15-7-2-8-16-32)25-23-35-21-22-36-24-26-38(29-33-17-9-3-10-18-33)30-34-19-11-4-12-20-34/h1-20H,21-30H2. The highest BCUT2D eigenvalue weighted by molar-refractivity contribution is 7.56. The van der Waals surface area contributed by atoms with E-state index in [-0.39, 0.29) is 15.8 Å². The van der Waals surface area contributed by atoms with Gasteiger partial charge in [-0.1, -0.05) is 137 Å². The van der Waals surface area contributed by atoms with Gasteiger partial charge in [0.15, 0.2) is 0 Å². The molecule has 38 heavy (non-hydrogen) atoms. The van der Waals surface area contributed by atoms with Gasteiger partial charge in [0.1, 0.15) is 0 Å². The van der Waals surface area contributed by atoms with Crippen molar-refractivity contribution in [1.29, 1.82) is 0 Å². The lowest BCUT2D eigenvalue weighted by atomic mass is 10.2. The molecule has 0 aliphatic carbocycles. The van der Waals surface area contributed by atoms with Gasteiger partial charge in [0.2, 0.25) is 0 Å². The van der Waals surface area contributed by atoms with Crippen molar-refractivity contribution in [3.8, 4) is 0 Å². The normalized spacial score (nSPS) is 11.3. The Morgan fingerprint density at radius 2 is 0.605 bits per heavy atom. The van der Waals surface area contributed by atoms with Crippen LogP contribution >= 0.6 is 15.8 Å². The maximum atomic E-state index is 6.03. The molecule has 4 rings (SSSR count). The Hall–Kier alpha value is -2.34. The first-order valence-electron chi connectivity index (χ1n) is 13.6. The van der Waals surface area contributed by atoms with E-state index in [9.17, 15) is 0 Å². The minimum absolute atomic E-state index is 0.162. The van der Waals surface area contributed by atoms with E-state index in [4.69, 9.17) is 9.47 Å². The molecular weight excluding hydrogens is 502 g/mol. The van der Waals surface area contributed by atoms with E-state index in [1.165, 1.54) is 22.3 Å². The number of rotatable bonds is 17. The average Bonchev–Trinajstić information content (AvgIpc) is 2.96. The van der Waals surface area contributed by atoms with Crippen LogP contribution in [0.4, 0.5) is 0 Å². The fourth-order valence-electron chi connectivity index (χ4n) is 4.50. The maximum absolute atomic E-state index is 6.03. The Kier molecular flexibility index (Phi) is 13.0. The zero-order valence-electron chi connectivity index (χ0n) is 22.3. The summed E-state index contributed by atoms with van der Waals surface area (Å²) in [5.41, 5.74) is 5.72. The Bertz CT molecular complexity index is 948. The van der Waals surface area contributed by atoms with E-state index in [0.717, 1.165) is 50.2 Å². The summed E-state index contributed by atoms with van der Waals surface area (Å²) in [6, 6.07) is 43.5. The van der Waals surface area contributed by atoms with Gasteiger partial charge < -0.3 is 9.47 Å². The molecule has 0 N–H and O–H groups in total. The fraction of sp³-hybridized carbons (Fsp3) is 0.294. The molecular formula is C34H40O2P2. The van der Waals surface area contributed by atoms with Crippen LogP contribution in [0.25, 0.3) is 0 Å². The Labute approximate surface area is 231 Å². The third-order valence-corrected chi connectivity index (χ3v) is 11.4. The van der Waals surface area contributed by atoms with Crippen LogP contribution in [-0.2, 0) is 34.1 Å². The summed E-state index contributed by atoms with van der Waals surface area (Å²) >= 11 is 0. The maximum Gasteiger partial charge on any atom is 0.0700 e. The summed E-state index contributed by atoms with van der Waals surface area (Å²) in [5, 5.41) is 0. The molecule has 4 heteroatoms. The van der Waals surface area contributed by atoms with Crippen molar-refractivity contribution in [2.45, 2.75) is 24.6 Å². The van der Waals surface area contributed by atoms with Gasteiger partial charge in [-0.25, -0.2) is 0 Å². The minimum Gasteiger partial charge on any atom is -0.379 e. The second-order valence-electron chi connectivity index (χ2n) is 9.59. The van der Waals surface area contributed by atoms with Crippen molar-refractivity contribution in [2.75, 3.05) is 38.8 Å². The first-order valence-corrected chi connectivity index (χ1v) is 17.4. The molecule has 0 saturated carbocycles. The second kappa shape index (κ2) is 17.3. The molecule has 0 aliphatic rings. The molecule has 0 heterocycles. The van der Waals surface area contributed by atoms with E-state index < -0.39 is 0 Å². The van der Waals surface area contributed by atoms with Crippen molar-refractivity contribution < 1.29 is 9.47 Å². The lowest BCUT2D eigenvalue weighted by molar-refractivity contribution is 0.0600. The summed E-state index contributed by atoms with van der Waals surface area (Å²) in [6.45, 7) is 2.97. The first kappa shape index (κ1) is 28.7. The van der Waals surface area contributed by atoms with E-state index in [0.29, 0.717) is 13.2 Å². The number of benzene rings is 4. The van der Waals surface area contributed by atoms with E-state index in [2.05, 4.69) is 121 Å². The molecule has 0 radical (unpaired) electrons. The Morgan fingerprint density at radius 1 is 0.342 bits per heavy atom. The van der Waals surface area contributed by atoms with Gasteiger partial charge in [-0.05, 0) is 59.2 Å². The van der Waals surface area contributed by atoms with Crippen LogP contribution in [0, 0.1) is 0 Å². The van der Waals surface area contributed by atoms with Gasteiger partial charge in [-0.3, -0.25) is 0 Å². The molecule has 0 atom stereocenters. The molecule has 0 fully saturated rings. The third-order valence-electron chi connectivity index (χ3n) is 6.47. The first-order chi connectivity index (χ1) is 18.8. The topological polar surface area (TPSA) is 18.5 Å². The molecule has 0 saturated heterocycles. The molecule has 0 spiro atoms. The molecule has 0 bridgehead atoms. The van der Waals surface area contributed by atoms with Crippen LogP contribution in [0.15, 0.2) is 121 Å². The van der Waals surface area contributed by atoms with E-state index in [1.807, 2.05) is 0 Å². The van der Waals surface area contributed by atoms with Crippen molar-refractivity contribution >= 4 is 15.8 Å². The molecule has 198 valence electrons. The molecule has 2 nitrogen and oxygen atoms in total. The van der Waals surface area contributed by atoms with Crippen LogP contribution in [0.3, 0.4) is 0 Å². The zero-order chi connectivity index (χ0) is 26.1. The largest absolute Gasteiger partial charge is 0.379 e. The van der Waals surface area contributed by atoms with Crippen LogP contribution in [0.1, 0.15) is 22.3 Å². The Morgan fingerprint density at radius 3 is 0.868 bits per heavy atom. The number of hydrogen-bond donors (Lipinski definition) is 0. The smallest absolute Gasteiger partial charge is 0.0700 e. The predicted octanol–water partition coefficient (Wildman–Crippen LogP) is 8.78. The average molecular weight is 543 g/mol. The lowest BCUT2D eigenvalue weighted by Crippen LogP contribution is -2.10. The SMILES string of the molecule is c1ccc(CP(CCOCCOCCP(Cc2ccccc2)Cc2ccccc2)Cc2ccccc2)cc1. The highest BCUT2D eigenvalue weighted by Crippen LogP contribution is 2.44. The fourth-order valence-corrected chi connectivity index (χ4v) is 9.04. The van der Waals surface area contributed by atoms with E-state index in [1.54, 1.807) is 0 Å². The third kappa shape index (κ3) is 11.2. The second-order valence-corrected chi connectivity index (χ2v) is 14.4. The monoisotopic (exact) mass is 542 g/mol. The molecule has 0 aliphatic heterocycles. The van der Waals surface area contributed by atoms with Crippen LogP contribution in [-0.4, -0.2) is 38.8 Å². The van der Waals surface area contributed by atoms with Crippen LogP contribution < -0.4 is 0 Å². The minimum atomic E-state index is -0.162. The van der Waals surface area contributed by atoms with Crippen molar-refractivity contribution in [3.05, 3.63) is 144 Å². The van der Waals surface area contributed by atoms with Gasteiger partial charge in [-0.2, -0.15) is 0 Å². The highest BCUT2D eigenvalue weighted by Gasteiger charge is 2.12. The molecule has 4 aromatic rings. The van der Waals surface area contributed by atoms with Crippen LogP contribution in [0.5, 0.6) is 0 Å². The van der Waals surface area contributed by atoms with Gasteiger partial charge in [-0.15, -0.1) is 0 Å². The predicted molar refractivity (Wildman–Crippen MR) is 166 cm³/mol. The quantitative estimate of drug-likeness (QED) is 0.0981. The van der Waals surface area contributed by atoms with Gasteiger partial charge in [0.05, 0.1) is 26.4 Å². The molecule has 0 unspecified atom stereocenters. The van der Waals surface area contributed by atoms with Gasteiger partial charge in [0.25, 0.3) is 0 Å². The lowest BCUT2D eigenvalue weighted by Gasteiger charge is -2.19. The Balaban J connectivity index is 1.16. The number of ether oxygens (including phenoxy) is 2. The molecule has 0 aromatic heterocycles. The summed E-state index contributed by atoms with van der Waals surface area (Å²) < 4.78 is 12.1. The van der Waals surface area contributed by atoms with E-state index >= 15 is 0 Å². The van der Waals surface area contributed by atoms with Crippen molar-refractivity contribution in [3.63, 3.8) is 0 Å². The van der Waals surface area contributed by atoms with Crippen molar-refractivity contribution in [1.82, 2.24) is 0 Å². The van der Waals surface area contributed by atoms with Crippen LogP contribution in [0.2, 0.25) is 0 Å². The van der Waals surface area contributed by atoms with Gasteiger partial charge in [0, 0.05) is 0 Å². The number of hydrogen-bond acceptors (Lipinski definition) is 2. The molecule has 4 aromatic carbocycles. The summed E-state index contributed by atoms with van der Waals surface area (Å²) in [7, 11) is -0.323. The summed E-state index contributed by atoms with van der Waals surface area (Å²) in [6.07, 6.45) is 6.85. The van der Waals surface area contributed by atoms with Crippen molar-refractivity contribution in [2.24, 2.45) is 0 Å². The van der Waals surface area contributed by atoms with Gasteiger partial charge >= 0.3 is 0 Å².